The topological polar surface area (TPSA) is 14.2 Å². The van der Waals surface area contributed by atoms with Crippen LogP contribution in [0.2, 0.25) is 0 Å². The van der Waals surface area contributed by atoms with E-state index < -0.39 is 0 Å². The lowest BCUT2D eigenvalue weighted by atomic mass is 10.1. The van der Waals surface area contributed by atoms with Crippen LogP contribution in [0.25, 0.3) is 10.9 Å². The first-order valence-corrected chi connectivity index (χ1v) is 5.27. The molecule has 0 aliphatic heterocycles. The maximum atomic E-state index is 5.23. The van der Waals surface area contributed by atoms with E-state index in [1.807, 2.05) is 6.07 Å². The fourth-order valence-corrected chi connectivity index (χ4v) is 2.01. The average Bonchev–Trinajstić information content (AvgIpc) is 2.56. The predicted octanol–water partition coefficient (Wildman–Crippen LogP) is 3.31. The van der Waals surface area contributed by atoms with E-state index in [9.17, 15) is 0 Å². The Hall–Kier alpha value is -1.44. The molecule has 0 saturated heterocycles. The van der Waals surface area contributed by atoms with Crippen LogP contribution in [0.5, 0.6) is 5.75 Å². The van der Waals surface area contributed by atoms with Crippen molar-refractivity contribution in [1.82, 2.24) is 4.57 Å². The Labute approximate surface area is 90.5 Å². The van der Waals surface area contributed by atoms with Gasteiger partial charge < -0.3 is 9.30 Å². The zero-order chi connectivity index (χ0) is 11.0. The molecule has 0 aliphatic carbocycles. The van der Waals surface area contributed by atoms with Gasteiger partial charge in [-0.15, -0.1) is 0 Å². The molecule has 1 heterocycles. The van der Waals surface area contributed by atoms with E-state index >= 15 is 0 Å². The monoisotopic (exact) mass is 203 g/mol. The highest BCUT2D eigenvalue weighted by Gasteiger charge is 2.09. The van der Waals surface area contributed by atoms with Gasteiger partial charge in [-0.3, -0.25) is 0 Å². The summed E-state index contributed by atoms with van der Waals surface area (Å²) in [4.78, 5) is 0. The lowest BCUT2D eigenvalue weighted by molar-refractivity contribution is 0.415. The fourth-order valence-electron chi connectivity index (χ4n) is 2.01. The van der Waals surface area contributed by atoms with Gasteiger partial charge in [0.25, 0.3) is 0 Å². The highest BCUT2D eigenvalue weighted by Crippen LogP contribution is 2.27. The van der Waals surface area contributed by atoms with Gasteiger partial charge in [-0.25, -0.2) is 0 Å². The third kappa shape index (κ3) is 1.60. The van der Waals surface area contributed by atoms with E-state index in [4.69, 9.17) is 4.74 Å². The Morgan fingerprint density at radius 1 is 1.20 bits per heavy atom. The van der Waals surface area contributed by atoms with Crippen molar-refractivity contribution in [3.8, 4) is 5.75 Å². The second-order valence-corrected chi connectivity index (χ2v) is 4.21. The average molecular weight is 203 g/mol. The molecule has 0 bridgehead atoms. The van der Waals surface area contributed by atoms with Gasteiger partial charge >= 0.3 is 0 Å². The van der Waals surface area contributed by atoms with Crippen molar-refractivity contribution in [2.45, 2.75) is 19.8 Å². The molecule has 0 amide bonds. The summed E-state index contributed by atoms with van der Waals surface area (Å²) in [5.41, 5.74) is 2.59. The SMILES string of the molecule is COc1ccc2cc(C(C)C)n(C)c2c1. The van der Waals surface area contributed by atoms with Crippen LogP contribution in [0.4, 0.5) is 0 Å². The van der Waals surface area contributed by atoms with Crippen molar-refractivity contribution in [1.29, 1.82) is 0 Å². The van der Waals surface area contributed by atoms with E-state index in [2.05, 4.69) is 43.7 Å². The molecule has 2 heteroatoms. The molecule has 15 heavy (non-hydrogen) atoms. The first-order valence-electron chi connectivity index (χ1n) is 5.27. The minimum absolute atomic E-state index is 0.549. The van der Waals surface area contributed by atoms with E-state index in [1.165, 1.54) is 16.6 Å². The lowest BCUT2D eigenvalue weighted by Gasteiger charge is -2.07. The van der Waals surface area contributed by atoms with Crippen LogP contribution >= 0.6 is 0 Å². The molecule has 0 unspecified atom stereocenters. The first-order chi connectivity index (χ1) is 7.13. The summed E-state index contributed by atoms with van der Waals surface area (Å²) < 4.78 is 7.47. The standard InChI is InChI=1S/C13H17NO/c1-9(2)12-7-10-5-6-11(15-4)8-13(10)14(12)3/h5-9H,1-4H3. The Kier molecular flexibility index (Phi) is 2.43. The Balaban J connectivity index is 2.66. The third-order valence-electron chi connectivity index (χ3n) is 2.88. The number of hydrogen-bond donors (Lipinski definition) is 0. The molecule has 2 aromatic rings. The van der Waals surface area contributed by atoms with Crippen LogP contribution in [-0.4, -0.2) is 11.7 Å². The zero-order valence-electron chi connectivity index (χ0n) is 9.74. The summed E-state index contributed by atoms with van der Waals surface area (Å²) in [7, 11) is 3.81. The smallest absolute Gasteiger partial charge is 0.120 e. The van der Waals surface area contributed by atoms with E-state index in [1.54, 1.807) is 7.11 Å². The summed E-state index contributed by atoms with van der Waals surface area (Å²) in [6.45, 7) is 4.43. The molecule has 1 aromatic carbocycles. The van der Waals surface area contributed by atoms with E-state index in [0.717, 1.165) is 5.75 Å². The van der Waals surface area contributed by atoms with Crippen molar-refractivity contribution in [2.75, 3.05) is 7.11 Å². The van der Waals surface area contributed by atoms with Crippen LogP contribution in [0, 0.1) is 0 Å². The van der Waals surface area contributed by atoms with Crippen molar-refractivity contribution >= 4 is 10.9 Å². The number of rotatable bonds is 2. The van der Waals surface area contributed by atoms with E-state index in [-0.39, 0.29) is 0 Å². The van der Waals surface area contributed by atoms with Gasteiger partial charge in [-0.2, -0.15) is 0 Å². The number of nitrogens with zero attached hydrogens (tertiary/aromatic N) is 1. The molecule has 0 N–H and O–H groups in total. The highest BCUT2D eigenvalue weighted by atomic mass is 16.5. The Morgan fingerprint density at radius 2 is 1.93 bits per heavy atom. The molecular weight excluding hydrogens is 186 g/mol. The molecule has 2 rings (SSSR count). The van der Waals surface area contributed by atoms with Gasteiger partial charge in [-0.1, -0.05) is 13.8 Å². The number of ether oxygens (including phenoxy) is 1. The lowest BCUT2D eigenvalue weighted by Crippen LogP contribution is -1.97. The number of methoxy groups -OCH3 is 1. The molecule has 2 nitrogen and oxygen atoms in total. The van der Waals surface area contributed by atoms with Crippen LogP contribution in [0.3, 0.4) is 0 Å². The second kappa shape index (κ2) is 3.61. The normalized spacial score (nSPS) is 11.3. The largest absolute Gasteiger partial charge is 0.497 e. The number of fused-ring (bicyclic) bond motifs is 1. The molecular formula is C13H17NO. The number of hydrogen-bond acceptors (Lipinski definition) is 1. The molecule has 1 aromatic heterocycles. The molecule has 0 atom stereocenters. The van der Waals surface area contributed by atoms with Crippen LogP contribution in [-0.2, 0) is 7.05 Å². The maximum Gasteiger partial charge on any atom is 0.120 e. The second-order valence-electron chi connectivity index (χ2n) is 4.21. The molecule has 0 radical (unpaired) electrons. The van der Waals surface area contributed by atoms with Crippen LogP contribution in [0.15, 0.2) is 24.3 Å². The van der Waals surface area contributed by atoms with E-state index in [0.29, 0.717) is 5.92 Å². The summed E-state index contributed by atoms with van der Waals surface area (Å²) >= 11 is 0. The molecule has 0 aliphatic rings. The van der Waals surface area contributed by atoms with Gasteiger partial charge in [-0.05, 0) is 24.1 Å². The third-order valence-corrected chi connectivity index (χ3v) is 2.88. The Bertz CT molecular complexity index is 482. The van der Waals surface area contributed by atoms with Crippen LogP contribution < -0.4 is 4.74 Å². The quantitative estimate of drug-likeness (QED) is 0.730. The zero-order valence-corrected chi connectivity index (χ0v) is 9.74. The molecule has 0 fully saturated rings. The van der Waals surface area contributed by atoms with Crippen molar-refractivity contribution < 1.29 is 4.74 Å². The minimum atomic E-state index is 0.549. The van der Waals surface area contributed by atoms with Gasteiger partial charge in [0.1, 0.15) is 5.75 Å². The molecule has 80 valence electrons. The van der Waals surface area contributed by atoms with Gasteiger partial charge in [0.05, 0.1) is 12.6 Å². The first kappa shape index (κ1) is 10.1. The summed E-state index contributed by atoms with van der Waals surface area (Å²) in [6, 6.07) is 8.45. The van der Waals surface area contributed by atoms with Crippen molar-refractivity contribution in [2.24, 2.45) is 7.05 Å². The maximum absolute atomic E-state index is 5.23. The summed E-state index contributed by atoms with van der Waals surface area (Å²) in [5.74, 6) is 1.47. The fraction of sp³-hybridized carbons (Fsp3) is 0.385. The van der Waals surface area contributed by atoms with Gasteiger partial charge in [0.2, 0.25) is 0 Å². The minimum Gasteiger partial charge on any atom is -0.497 e. The number of aromatic nitrogens is 1. The molecule has 0 saturated carbocycles. The van der Waals surface area contributed by atoms with Crippen molar-refractivity contribution in [3.05, 3.63) is 30.0 Å². The predicted molar refractivity (Wildman–Crippen MR) is 63.6 cm³/mol. The van der Waals surface area contributed by atoms with Gasteiger partial charge in [0, 0.05) is 24.2 Å². The molecule has 0 spiro atoms. The summed E-state index contributed by atoms with van der Waals surface area (Å²) in [6.07, 6.45) is 0. The highest BCUT2D eigenvalue weighted by molar-refractivity contribution is 5.82. The Morgan fingerprint density at radius 3 is 2.53 bits per heavy atom. The van der Waals surface area contributed by atoms with Crippen molar-refractivity contribution in [3.63, 3.8) is 0 Å². The summed E-state index contributed by atoms with van der Waals surface area (Å²) in [5, 5.41) is 1.28. The number of benzene rings is 1. The number of aryl methyl sites for hydroxylation is 1. The van der Waals surface area contributed by atoms with Crippen LogP contribution in [0.1, 0.15) is 25.5 Å². The van der Waals surface area contributed by atoms with Gasteiger partial charge in [0.15, 0.2) is 0 Å².